The van der Waals surface area contributed by atoms with Crippen LogP contribution in [0.2, 0.25) is 0 Å². The maximum Gasteiger partial charge on any atom is 0.180 e. The van der Waals surface area contributed by atoms with E-state index >= 15 is 0 Å². The molecule has 3 rings (SSSR count). The standard InChI is InChI=1S/C12H17N5/c1-13-10-8-17-7-6-14-12(17)11(16-10)15-9-4-2-3-5-9/h6-9,13H,2-5H2,1H3,(H,15,16). The number of anilines is 2. The Balaban J connectivity index is 1.97. The zero-order valence-corrected chi connectivity index (χ0v) is 9.98. The van der Waals surface area contributed by atoms with Gasteiger partial charge in [-0.25, -0.2) is 9.97 Å². The van der Waals surface area contributed by atoms with Crippen LogP contribution in [0.15, 0.2) is 18.6 Å². The van der Waals surface area contributed by atoms with Crippen molar-refractivity contribution >= 4 is 17.3 Å². The molecule has 0 saturated heterocycles. The van der Waals surface area contributed by atoms with Crippen LogP contribution in [0.25, 0.3) is 5.65 Å². The van der Waals surface area contributed by atoms with Gasteiger partial charge in [-0.05, 0) is 12.8 Å². The minimum absolute atomic E-state index is 0.551. The number of hydrogen-bond acceptors (Lipinski definition) is 4. The van der Waals surface area contributed by atoms with Crippen molar-refractivity contribution in [1.29, 1.82) is 0 Å². The van der Waals surface area contributed by atoms with Crippen molar-refractivity contribution in [3.63, 3.8) is 0 Å². The number of hydrogen-bond donors (Lipinski definition) is 2. The predicted molar refractivity (Wildman–Crippen MR) is 68.4 cm³/mol. The second-order valence-electron chi connectivity index (χ2n) is 4.51. The van der Waals surface area contributed by atoms with Gasteiger partial charge in [0.25, 0.3) is 0 Å². The van der Waals surface area contributed by atoms with Gasteiger partial charge in [0.2, 0.25) is 0 Å². The van der Waals surface area contributed by atoms with E-state index in [2.05, 4.69) is 20.6 Å². The van der Waals surface area contributed by atoms with E-state index in [1.54, 1.807) is 6.20 Å². The van der Waals surface area contributed by atoms with Crippen LogP contribution < -0.4 is 10.6 Å². The fraction of sp³-hybridized carbons (Fsp3) is 0.500. The van der Waals surface area contributed by atoms with Gasteiger partial charge in [-0.3, -0.25) is 0 Å². The van der Waals surface area contributed by atoms with Crippen LogP contribution in [0, 0.1) is 0 Å². The van der Waals surface area contributed by atoms with E-state index in [0.29, 0.717) is 6.04 Å². The number of imidazole rings is 1. The summed E-state index contributed by atoms with van der Waals surface area (Å²) in [7, 11) is 1.88. The Labute approximate surface area is 100 Å². The molecule has 2 N–H and O–H groups in total. The van der Waals surface area contributed by atoms with Crippen molar-refractivity contribution in [2.45, 2.75) is 31.7 Å². The van der Waals surface area contributed by atoms with Crippen molar-refractivity contribution in [2.24, 2.45) is 0 Å². The SMILES string of the molecule is CNc1cn2ccnc2c(NC2CCCC2)n1. The van der Waals surface area contributed by atoms with Crippen LogP contribution in [0.4, 0.5) is 11.6 Å². The quantitative estimate of drug-likeness (QED) is 0.849. The predicted octanol–water partition coefficient (Wildman–Crippen LogP) is 2.13. The summed E-state index contributed by atoms with van der Waals surface area (Å²) in [6.07, 6.45) is 10.8. The van der Waals surface area contributed by atoms with Gasteiger partial charge in [-0.15, -0.1) is 0 Å². The summed E-state index contributed by atoms with van der Waals surface area (Å²) in [5.41, 5.74) is 0.899. The summed E-state index contributed by atoms with van der Waals surface area (Å²) in [4.78, 5) is 8.90. The van der Waals surface area contributed by atoms with E-state index in [1.165, 1.54) is 25.7 Å². The van der Waals surface area contributed by atoms with Crippen LogP contribution in [0.5, 0.6) is 0 Å². The van der Waals surface area contributed by atoms with E-state index < -0.39 is 0 Å². The third kappa shape index (κ3) is 1.92. The van der Waals surface area contributed by atoms with E-state index in [1.807, 2.05) is 23.8 Å². The molecule has 0 spiro atoms. The van der Waals surface area contributed by atoms with Gasteiger partial charge in [0.1, 0.15) is 5.82 Å². The van der Waals surface area contributed by atoms with Gasteiger partial charge >= 0.3 is 0 Å². The first kappa shape index (κ1) is 10.4. The lowest BCUT2D eigenvalue weighted by Crippen LogP contribution is -2.17. The molecule has 1 saturated carbocycles. The van der Waals surface area contributed by atoms with Crippen LogP contribution in [0.1, 0.15) is 25.7 Å². The van der Waals surface area contributed by atoms with Crippen molar-refractivity contribution in [2.75, 3.05) is 17.7 Å². The number of aromatic nitrogens is 3. The van der Waals surface area contributed by atoms with Crippen molar-refractivity contribution in [3.05, 3.63) is 18.6 Å². The maximum atomic E-state index is 4.55. The summed E-state index contributed by atoms with van der Waals surface area (Å²) in [6, 6.07) is 0.551. The van der Waals surface area contributed by atoms with E-state index in [-0.39, 0.29) is 0 Å². The molecule has 17 heavy (non-hydrogen) atoms. The molecule has 0 unspecified atom stereocenters. The van der Waals surface area contributed by atoms with Crippen LogP contribution in [-0.4, -0.2) is 27.5 Å². The normalized spacial score (nSPS) is 16.5. The summed E-state index contributed by atoms with van der Waals surface area (Å²) in [6.45, 7) is 0. The van der Waals surface area contributed by atoms with Crippen LogP contribution in [0.3, 0.4) is 0 Å². The first-order chi connectivity index (χ1) is 8.36. The van der Waals surface area contributed by atoms with Gasteiger partial charge in [-0.1, -0.05) is 12.8 Å². The highest BCUT2D eigenvalue weighted by Gasteiger charge is 2.17. The van der Waals surface area contributed by atoms with Crippen LogP contribution >= 0.6 is 0 Å². The fourth-order valence-electron chi connectivity index (χ4n) is 2.41. The molecule has 1 aliphatic carbocycles. The lowest BCUT2D eigenvalue weighted by Gasteiger charge is -2.14. The first-order valence-electron chi connectivity index (χ1n) is 6.15. The monoisotopic (exact) mass is 231 g/mol. The van der Waals surface area contributed by atoms with Gasteiger partial charge in [0, 0.05) is 25.5 Å². The molecular weight excluding hydrogens is 214 g/mol. The number of nitrogens with one attached hydrogen (secondary N) is 2. The summed E-state index contributed by atoms with van der Waals surface area (Å²) >= 11 is 0. The number of nitrogens with zero attached hydrogens (tertiary/aromatic N) is 3. The summed E-state index contributed by atoms with van der Waals surface area (Å²) in [5, 5.41) is 6.58. The minimum Gasteiger partial charge on any atom is -0.372 e. The molecule has 5 heteroatoms. The third-order valence-corrected chi connectivity index (χ3v) is 3.33. The highest BCUT2D eigenvalue weighted by molar-refractivity contribution is 5.65. The second kappa shape index (κ2) is 4.24. The Morgan fingerprint density at radius 3 is 2.94 bits per heavy atom. The molecule has 2 heterocycles. The Kier molecular flexibility index (Phi) is 2.59. The Morgan fingerprint density at radius 1 is 1.35 bits per heavy atom. The molecule has 0 aliphatic heterocycles. The second-order valence-corrected chi connectivity index (χ2v) is 4.51. The maximum absolute atomic E-state index is 4.55. The van der Waals surface area contributed by atoms with Crippen molar-refractivity contribution in [3.8, 4) is 0 Å². The Hall–Kier alpha value is -1.78. The van der Waals surface area contributed by atoms with E-state index in [9.17, 15) is 0 Å². The lowest BCUT2D eigenvalue weighted by atomic mass is 10.2. The molecule has 0 aromatic carbocycles. The highest BCUT2D eigenvalue weighted by Crippen LogP contribution is 2.24. The summed E-state index contributed by atoms with van der Waals surface area (Å²) < 4.78 is 2.00. The minimum atomic E-state index is 0.551. The van der Waals surface area contributed by atoms with Crippen molar-refractivity contribution < 1.29 is 0 Å². The van der Waals surface area contributed by atoms with Gasteiger partial charge < -0.3 is 15.0 Å². The zero-order chi connectivity index (χ0) is 11.7. The van der Waals surface area contributed by atoms with E-state index in [0.717, 1.165) is 17.3 Å². The molecule has 1 fully saturated rings. The van der Waals surface area contributed by atoms with Crippen LogP contribution in [-0.2, 0) is 0 Å². The fourth-order valence-corrected chi connectivity index (χ4v) is 2.41. The van der Waals surface area contributed by atoms with Gasteiger partial charge in [0.05, 0.1) is 6.20 Å². The average Bonchev–Trinajstić information content (AvgIpc) is 2.98. The highest BCUT2D eigenvalue weighted by atomic mass is 15.1. The molecule has 0 bridgehead atoms. The average molecular weight is 231 g/mol. The smallest absolute Gasteiger partial charge is 0.180 e. The number of fused-ring (bicyclic) bond motifs is 1. The summed E-state index contributed by atoms with van der Waals surface area (Å²) in [5.74, 6) is 1.74. The Morgan fingerprint density at radius 2 is 2.18 bits per heavy atom. The Bertz CT molecular complexity index is 513. The zero-order valence-electron chi connectivity index (χ0n) is 9.98. The van der Waals surface area contributed by atoms with E-state index in [4.69, 9.17) is 0 Å². The molecule has 90 valence electrons. The lowest BCUT2D eigenvalue weighted by molar-refractivity contribution is 0.750. The van der Waals surface area contributed by atoms with Gasteiger partial charge in [-0.2, -0.15) is 0 Å². The number of rotatable bonds is 3. The third-order valence-electron chi connectivity index (χ3n) is 3.33. The molecule has 0 atom stereocenters. The molecule has 5 nitrogen and oxygen atoms in total. The molecule has 0 radical (unpaired) electrons. The molecule has 2 aromatic heterocycles. The molecule has 2 aromatic rings. The molecule has 0 amide bonds. The molecule has 1 aliphatic rings. The molecular formula is C12H17N5. The largest absolute Gasteiger partial charge is 0.372 e. The van der Waals surface area contributed by atoms with Gasteiger partial charge in [0.15, 0.2) is 11.5 Å². The topological polar surface area (TPSA) is 54.2 Å². The first-order valence-corrected chi connectivity index (χ1v) is 6.15. The van der Waals surface area contributed by atoms with Crippen molar-refractivity contribution in [1.82, 2.24) is 14.4 Å².